The van der Waals surface area contributed by atoms with E-state index in [0.717, 1.165) is 37.8 Å². The van der Waals surface area contributed by atoms with Gasteiger partial charge >= 0.3 is 0 Å². The van der Waals surface area contributed by atoms with Crippen LogP contribution in [0.2, 0.25) is 0 Å². The summed E-state index contributed by atoms with van der Waals surface area (Å²) in [7, 11) is 0. The third kappa shape index (κ3) is 3.65. The Bertz CT molecular complexity index is 462. The molecule has 3 heteroatoms. The quantitative estimate of drug-likeness (QED) is 0.871. The van der Waals surface area contributed by atoms with Crippen LogP contribution in [0, 0.1) is 11.8 Å². The molecule has 0 aliphatic heterocycles. The summed E-state index contributed by atoms with van der Waals surface area (Å²) in [4.78, 5) is 12.7. The normalized spacial score (nSPS) is 22.0. The van der Waals surface area contributed by atoms with Crippen molar-refractivity contribution in [1.29, 1.82) is 0 Å². The van der Waals surface area contributed by atoms with Crippen molar-refractivity contribution in [3.63, 3.8) is 0 Å². The second kappa shape index (κ2) is 7.60. The van der Waals surface area contributed by atoms with Crippen LogP contribution in [0.25, 0.3) is 0 Å². The predicted octanol–water partition coefficient (Wildman–Crippen LogP) is 3.52. The van der Waals surface area contributed by atoms with Crippen LogP contribution in [0.1, 0.15) is 50.7 Å². The topological polar surface area (TPSA) is 55.1 Å². The number of rotatable bonds is 5. The number of anilines is 1. The highest BCUT2D eigenvalue weighted by Gasteiger charge is 2.30. The van der Waals surface area contributed by atoms with Crippen LogP contribution in [-0.2, 0) is 17.6 Å². The van der Waals surface area contributed by atoms with E-state index in [0.29, 0.717) is 12.5 Å². The van der Waals surface area contributed by atoms with Gasteiger partial charge in [0, 0.05) is 11.6 Å². The van der Waals surface area contributed by atoms with Crippen LogP contribution < -0.4 is 11.1 Å². The Morgan fingerprint density at radius 2 is 1.81 bits per heavy atom. The third-order valence-corrected chi connectivity index (χ3v) is 4.80. The van der Waals surface area contributed by atoms with E-state index in [1.807, 2.05) is 0 Å². The molecule has 0 radical (unpaired) electrons. The highest BCUT2D eigenvalue weighted by Crippen LogP contribution is 2.31. The van der Waals surface area contributed by atoms with Gasteiger partial charge in [0.2, 0.25) is 5.91 Å². The summed E-state index contributed by atoms with van der Waals surface area (Å²) in [5, 5.41) is 3.22. The van der Waals surface area contributed by atoms with Crippen molar-refractivity contribution in [2.24, 2.45) is 17.6 Å². The number of nitrogens with two attached hydrogens (primary N) is 1. The average molecular weight is 288 g/mol. The first-order chi connectivity index (χ1) is 10.2. The smallest absolute Gasteiger partial charge is 0.227 e. The molecule has 0 spiro atoms. The number of benzene rings is 1. The molecule has 1 aromatic rings. The Kier molecular flexibility index (Phi) is 5.80. The fourth-order valence-corrected chi connectivity index (χ4v) is 3.45. The van der Waals surface area contributed by atoms with Gasteiger partial charge in [-0.25, -0.2) is 0 Å². The van der Waals surface area contributed by atoms with E-state index in [9.17, 15) is 4.79 Å². The van der Waals surface area contributed by atoms with Crippen LogP contribution in [0.5, 0.6) is 0 Å². The molecular weight excluding hydrogens is 260 g/mol. The number of para-hydroxylation sites is 1. The minimum atomic E-state index is 0.0818. The van der Waals surface area contributed by atoms with Crippen molar-refractivity contribution in [2.45, 2.75) is 52.4 Å². The fraction of sp³-hybridized carbons (Fsp3) is 0.611. The lowest BCUT2D eigenvalue weighted by atomic mass is 9.78. The molecule has 2 rings (SSSR count). The van der Waals surface area contributed by atoms with Gasteiger partial charge in [0.15, 0.2) is 0 Å². The lowest BCUT2D eigenvalue weighted by Crippen LogP contribution is -2.36. The van der Waals surface area contributed by atoms with E-state index < -0.39 is 0 Å². The van der Waals surface area contributed by atoms with Crippen LogP contribution in [0.3, 0.4) is 0 Å². The summed E-state index contributed by atoms with van der Waals surface area (Å²) < 4.78 is 0. The summed E-state index contributed by atoms with van der Waals surface area (Å²) in [6.07, 6.45) is 6.29. The van der Waals surface area contributed by atoms with E-state index in [1.54, 1.807) is 0 Å². The van der Waals surface area contributed by atoms with Gasteiger partial charge in [0.25, 0.3) is 0 Å². The molecule has 0 saturated heterocycles. The molecule has 1 saturated carbocycles. The largest absolute Gasteiger partial charge is 0.330 e. The minimum Gasteiger partial charge on any atom is -0.330 e. The summed E-state index contributed by atoms with van der Waals surface area (Å²) >= 11 is 0. The molecule has 116 valence electrons. The number of carbonyl (C=O) groups is 1. The molecule has 1 aromatic carbocycles. The lowest BCUT2D eigenvalue weighted by Gasteiger charge is -2.30. The minimum absolute atomic E-state index is 0.0818. The maximum absolute atomic E-state index is 12.7. The van der Waals surface area contributed by atoms with Gasteiger partial charge in [0.1, 0.15) is 0 Å². The van der Waals surface area contributed by atoms with Crippen molar-refractivity contribution < 1.29 is 4.79 Å². The third-order valence-electron chi connectivity index (χ3n) is 4.80. The van der Waals surface area contributed by atoms with Gasteiger partial charge in [-0.3, -0.25) is 4.79 Å². The molecule has 1 amide bonds. The van der Waals surface area contributed by atoms with E-state index >= 15 is 0 Å². The Balaban J connectivity index is 2.18. The summed E-state index contributed by atoms with van der Waals surface area (Å²) in [6, 6.07) is 6.29. The van der Waals surface area contributed by atoms with Crippen LogP contribution in [0.4, 0.5) is 5.69 Å². The van der Waals surface area contributed by atoms with Crippen molar-refractivity contribution >= 4 is 11.6 Å². The number of aryl methyl sites for hydroxylation is 2. The molecule has 1 fully saturated rings. The van der Waals surface area contributed by atoms with Crippen molar-refractivity contribution in [3.8, 4) is 0 Å². The lowest BCUT2D eigenvalue weighted by molar-refractivity contribution is -0.122. The van der Waals surface area contributed by atoms with Crippen LogP contribution in [0.15, 0.2) is 18.2 Å². The maximum atomic E-state index is 12.7. The second-order valence-electron chi connectivity index (χ2n) is 6.03. The van der Waals surface area contributed by atoms with E-state index in [2.05, 4.69) is 37.4 Å². The van der Waals surface area contributed by atoms with Crippen molar-refractivity contribution in [2.75, 3.05) is 11.9 Å². The fourth-order valence-electron chi connectivity index (χ4n) is 3.45. The Morgan fingerprint density at radius 3 is 2.38 bits per heavy atom. The van der Waals surface area contributed by atoms with Gasteiger partial charge in [-0.15, -0.1) is 0 Å². The molecule has 0 heterocycles. The van der Waals surface area contributed by atoms with E-state index in [-0.39, 0.29) is 11.8 Å². The molecule has 1 aliphatic rings. The van der Waals surface area contributed by atoms with Gasteiger partial charge in [0.05, 0.1) is 0 Å². The summed E-state index contributed by atoms with van der Waals surface area (Å²) in [5.74, 6) is 0.594. The zero-order valence-corrected chi connectivity index (χ0v) is 13.3. The first-order valence-electron chi connectivity index (χ1n) is 8.32. The standard InChI is InChI=1S/C18H28N2O/c1-3-13-9-7-10-14(4-2)17(13)20-18(21)16-11-6-5-8-15(16)12-19/h7,9-10,15-16H,3-6,8,11-12,19H2,1-2H3,(H,20,21). The molecule has 2 unspecified atom stereocenters. The second-order valence-corrected chi connectivity index (χ2v) is 6.03. The Hall–Kier alpha value is -1.35. The molecular formula is C18H28N2O. The summed E-state index contributed by atoms with van der Waals surface area (Å²) in [5.41, 5.74) is 9.34. The molecule has 1 aliphatic carbocycles. The summed E-state index contributed by atoms with van der Waals surface area (Å²) in [6.45, 7) is 4.88. The van der Waals surface area contributed by atoms with Crippen molar-refractivity contribution in [1.82, 2.24) is 0 Å². The van der Waals surface area contributed by atoms with Crippen molar-refractivity contribution in [3.05, 3.63) is 29.3 Å². The monoisotopic (exact) mass is 288 g/mol. The van der Waals surface area contributed by atoms with Gasteiger partial charge in [-0.2, -0.15) is 0 Å². The van der Waals surface area contributed by atoms with Crippen LogP contribution in [-0.4, -0.2) is 12.5 Å². The predicted molar refractivity (Wildman–Crippen MR) is 88.3 cm³/mol. The van der Waals surface area contributed by atoms with Gasteiger partial charge in [-0.05, 0) is 49.3 Å². The molecule has 0 bridgehead atoms. The number of hydrogen-bond donors (Lipinski definition) is 2. The average Bonchev–Trinajstić information content (AvgIpc) is 2.54. The number of carbonyl (C=O) groups excluding carboxylic acids is 1. The molecule has 2 atom stereocenters. The van der Waals surface area contributed by atoms with Gasteiger partial charge in [-0.1, -0.05) is 44.9 Å². The maximum Gasteiger partial charge on any atom is 0.227 e. The zero-order chi connectivity index (χ0) is 15.2. The molecule has 21 heavy (non-hydrogen) atoms. The number of nitrogens with one attached hydrogen (secondary N) is 1. The Labute approximate surface area is 128 Å². The van der Waals surface area contributed by atoms with Gasteiger partial charge < -0.3 is 11.1 Å². The molecule has 3 N–H and O–H groups in total. The highest BCUT2D eigenvalue weighted by molar-refractivity contribution is 5.94. The first-order valence-corrected chi connectivity index (χ1v) is 8.32. The molecule has 3 nitrogen and oxygen atoms in total. The Morgan fingerprint density at radius 1 is 1.19 bits per heavy atom. The SMILES string of the molecule is CCc1cccc(CC)c1NC(=O)C1CCCCC1CN. The highest BCUT2D eigenvalue weighted by atomic mass is 16.1. The number of hydrogen-bond acceptors (Lipinski definition) is 2. The number of amides is 1. The molecule has 0 aromatic heterocycles. The van der Waals surface area contributed by atoms with E-state index in [1.165, 1.54) is 17.5 Å². The zero-order valence-electron chi connectivity index (χ0n) is 13.3. The van der Waals surface area contributed by atoms with Crippen LogP contribution >= 0.6 is 0 Å². The van der Waals surface area contributed by atoms with E-state index in [4.69, 9.17) is 5.73 Å². The first kappa shape index (κ1) is 16.0.